The number of benzene rings is 1. The van der Waals surface area contributed by atoms with Crippen molar-refractivity contribution in [1.82, 2.24) is 14.9 Å². The first-order valence-corrected chi connectivity index (χ1v) is 7.27. The highest BCUT2D eigenvalue weighted by molar-refractivity contribution is 5.26. The third kappa shape index (κ3) is 4.14. The van der Waals surface area contributed by atoms with E-state index in [1.54, 1.807) is 12.4 Å². The average Bonchev–Trinajstić information content (AvgIpc) is 2.71. The molecule has 0 atom stereocenters. The van der Waals surface area contributed by atoms with E-state index in [9.17, 15) is 4.39 Å². The highest BCUT2D eigenvalue weighted by Gasteiger charge is 2.11. The van der Waals surface area contributed by atoms with E-state index in [1.807, 2.05) is 30.5 Å². The van der Waals surface area contributed by atoms with Crippen molar-refractivity contribution in [2.75, 3.05) is 0 Å². The van der Waals surface area contributed by atoms with Crippen molar-refractivity contribution in [2.24, 2.45) is 0 Å². The number of nitrogens with one attached hydrogen (secondary N) is 1. The number of hydrogen-bond acceptors (Lipinski definition) is 2. The fourth-order valence-corrected chi connectivity index (χ4v) is 2.11. The second-order valence-corrected chi connectivity index (χ2v) is 6.57. The molecule has 4 heteroatoms. The first-order valence-electron chi connectivity index (χ1n) is 7.27. The molecule has 2 aromatic rings. The Morgan fingerprint density at radius 2 is 1.95 bits per heavy atom. The lowest BCUT2D eigenvalue weighted by Crippen LogP contribution is -2.35. The highest BCUT2D eigenvalue weighted by atomic mass is 19.1. The molecule has 1 heterocycles. The molecule has 0 saturated carbocycles. The van der Waals surface area contributed by atoms with E-state index in [0.717, 1.165) is 23.5 Å². The molecule has 0 saturated heterocycles. The summed E-state index contributed by atoms with van der Waals surface area (Å²) in [6, 6.07) is 5.32. The lowest BCUT2D eigenvalue weighted by molar-refractivity contribution is 0.424. The van der Waals surface area contributed by atoms with Gasteiger partial charge in [0.05, 0.1) is 18.6 Å². The minimum Gasteiger partial charge on any atom is -0.330 e. The van der Waals surface area contributed by atoms with Crippen LogP contribution in [0.15, 0.2) is 24.5 Å². The molecule has 114 valence electrons. The zero-order valence-corrected chi connectivity index (χ0v) is 13.5. The van der Waals surface area contributed by atoms with Crippen LogP contribution < -0.4 is 5.32 Å². The smallest absolute Gasteiger partial charge is 0.128 e. The Labute approximate surface area is 126 Å². The normalized spacial score (nSPS) is 11.9. The van der Waals surface area contributed by atoms with E-state index in [1.165, 1.54) is 0 Å². The fourth-order valence-electron chi connectivity index (χ4n) is 2.11. The van der Waals surface area contributed by atoms with Gasteiger partial charge in [-0.3, -0.25) is 0 Å². The lowest BCUT2D eigenvalue weighted by atomic mass is 10.1. The summed E-state index contributed by atoms with van der Waals surface area (Å²) in [5.41, 5.74) is 3.90. The summed E-state index contributed by atoms with van der Waals surface area (Å²) >= 11 is 0. The van der Waals surface area contributed by atoms with Gasteiger partial charge in [0.15, 0.2) is 0 Å². The quantitative estimate of drug-likeness (QED) is 0.932. The van der Waals surface area contributed by atoms with Crippen LogP contribution in [0.4, 0.5) is 4.39 Å². The van der Waals surface area contributed by atoms with Gasteiger partial charge in [0, 0.05) is 23.3 Å². The van der Waals surface area contributed by atoms with Crippen LogP contribution in [0.5, 0.6) is 0 Å². The van der Waals surface area contributed by atoms with Crippen LogP contribution >= 0.6 is 0 Å². The van der Waals surface area contributed by atoms with Crippen molar-refractivity contribution in [3.8, 4) is 0 Å². The van der Waals surface area contributed by atoms with Crippen LogP contribution in [-0.4, -0.2) is 15.1 Å². The van der Waals surface area contributed by atoms with Crippen molar-refractivity contribution in [1.29, 1.82) is 0 Å². The number of imidazole rings is 1. The fraction of sp³-hybridized carbons (Fsp3) is 0.471. The number of hydrogen-bond donors (Lipinski definition) is 1. The maximum Gasteiger partial charge on any atom is 0.128 e. The molecule has 3 nitrogen and oxygen atoms in total. The van der Waals surface area contributed by atoms with Crippen LogP contribution in [0, 0.1) is 19.7 Å². The molecule has 0 aliphatic carbocycles. The van der Waals surface area contributed by atoms with Crippen LogP contribution in [0.25, 0.3) is 0 Å². The molecule has 0 aliphatic heterocycles. The molecular weight excluding hydrogens is 265 g/mol. The van der Waals surface area contributed by atoms with Crippen molar-refractivity contribution in [3.05, 3.63) is 52.9 Å². The van der Waals surface area contributed by atoms with E-state index in [0.29, 0.717) is 12.1 Å². The summed E-state index contributed by atoms with van der Waals surface area (Å²) in [7, 11) is 0. The SMILES string of the molecule is Cc1ncn(Cc2cc(CNC(C)(C)C)ccc2F)c1C. The molecule has 0 bridgehead atoms. The van der Waals surface area contributed by atoms with Gasteiger partial charge in [0.25, 0.3) is 0 Å². The summed E-state index contributed by atoms with van der Waals surface area (Å²) in [5.74, 6) is -0.166. The van der Waals surface area contributed by atoms with Crippen LogP contribution in [0.1, 0.15) is 43.3 Å². The third-order valence-corrected chi connectivity index (χ3v) is 3.62. The van der Waals surface area contributed by atoms with Gasteiger partial charge in [-0.1, -0.05) is 6.07 Å². The van der Waals surface area contributed by atoms with Gasteiger partial charge in [0.1, 0.15) is 5.82 Å². The third-order valence-electron chi connectivity index (χ3n) is 3.62. The predicted molar refractivity (Wildman–Crippen MR) is 83.8 cm³/mol. The highest BCUT2D eigenvalue weighted by Crippen LogP contribution is 2.15. The first-order chi connectivity index (χ1) is 9.76. The molecule has 0 aliphatic rings. The molecule has 0 radical (unpaired) electrons. The number of halogens is 1. The minimum absolute atomic E-state index is 0.0482. The first kappa shape index (κ1) is 15.7. The largest absolute Gasteiger partial charge is 0.330 e. The number of rotatable bonds is 4. The minimum atomic E-state index is -0.166. The number of aryl methyl sites for hydroxylation is 1. The standard InChI is InChI=1S/C17H24FN3/c1-12-13(2)21(11-19-12)10-15-8-14(6-7-16(15)18)9-20-17(3,4)5/h6-8,11,20H,9-10H2,1-5H3. The predicted octanol–water partition coefficient (Wildman–Crippen LogP) is 3.58. The van der Waals surface area contributed by atoms with Crippen molar-refractivity contribution < 1.29 is 4.39 Å². The van der Waals surface area contributed by atoms with Crippen molar-refractivity contribution >= 4 is 0 Å². The Kier molecular flexibility index (Phi) is 4.47. The summed E-state index contributed by atoms with van der Waals surface area (Å²) in [4.78, 5) is 4.26. The molecule has 0 amide bonds. The van der Waals surface area contributed by atoms with E-state index < -0.39 is 0 Å². The maximum absolute atomic E-state index is 14.0. The molecule has 0 fully saturated rings. The zero-order chi connectivity index (χ0) is 15.6. The van der Waals surface area contributed by atoms with Crippen molar-refractivity contribution in [3.63, 3.8) is 0 Å². The van der Waals surface area contributed by atoms with Gasteiger partial charge in [-0.05, 0) is 52.3 Å². The van der Waals surface area contributed by atoms with Crippen molar-refractivity contribution in [2.45, 2.75) is 53.2 Å². The Balaban J connectivity index is 2.17. The monoisotopic (exact) mass is 289 g/mol. The Morgan fingerprint density at radius 3 is 2.52 bits per heavy atom. The van der Waals surface area contributed by atoms with E-state index in [-0.39, 0.29) is 11.4 Å². The van der Waals surface area contributed by atoms with Crippen LogP contribution in [0.3, 0.4) is 0 Å². The van der Waals surface area contributed by atoms with Gasteiger partial charge >= 0.3 is 0 Å². The second kappa shape index (κ2) is 5.98. The molecule has 0 spiro atoms. The van der Waals surface area contributed by atoms with Gasteiger partial charge in [-0.25, -0.2) is 9.37 Å². The Morgan fingerprint density at radius 1 is 1.24 bits per heavy atom. The lowest BCUT2D eigenvalue weighted by Gasteiger charge is -2.21. The molecule has 1 aromatic carbocycles. The summed E-state index contributed by atoms with van der Waals surface area (Å²) in [6.07, 6.45) is 1.77. The van der Waals surface area contributed by atoms with Crippen LogP contribution in [-0.2, 0) is 13.1 Å². The molecular formula is C17H24FN3. The number of aromatic nitrogens is 2. The van der Waals surface area contributed by atoms with E-state index >= 15 is 0 Å². The summed E-state index contributed by atoms with van der Waals surface area (Å²) in [6.45, 7) is 11.6. The van der Waals surface area contributed by atoms with E-state index in [2.05, 4.69) is 31.1 Å². The Bertz CT molecular complexity index is 623. The Hall–Kier alpha value is -1.68. The van der Waals surface area contributed by atoms with Gasteiger partial charge in [0.2, 0.25) is 0 Å². The molecule has 1 N–H and O–H groups in total. The van der Waals surface area contributed by atoms with Gasteiger partial charge in [-0.2, -0.15) is 0 Å². The molecule has 0 unspecified atom stereocenters. The van der Waals surface area contributed by atoms with E-state index in [4.69, 9.17) is 0 Å². The summed E-state index contributed by atoms with van der Waals surface area (Å²) < 4.78 is 16.0. The van der Waals surface area contributed by atoms with Gasteiger partial charge < -0.3 is 9.88 Å². The molecule has 1 aromatic heterocycles. The van der Waals surface area contributed by atoms with Crippen LogP contribution in [0.2, 0.25) is 0 Å². The molecule has 21 heavy (non-hydrogen) atoms. The molecule has 2 rings (SSSR count). The number of nitrogens with zero attached hydrogens (tertiary/aromatic N) is 2. The van der Waals surface area contributed by atoms with Gasteiger partial charge in [-0.15, -0.1) is 0 Å². The zero-order valence-electron chi connectivity index (χ0n) is 13.5. The maximum atomic E-state index is 14.0. The average molecular weight is 289 g/mol. The topological polar surface area (TPSA) is 29.9 Å². The second-order valence-electron chi connectivity index (χ2n) is 6.57. The summed E-state index contributed by atoms with van der Waals surface area (Å²) in [5, 5.41) is 3.42.